The van der Waals surface area contributed by atoms with Crippen molar-refractivity contribution in [3.8, 4) is 6.07 Å². The van der Waals surface area contributed by atoms with E-state index >= 15 is 0 Å². The number of likely N-dealkylation sites (tertiary alicyclic amines) is 1. The number of nitrogens with zero attached hydrogens (tertiary/aromatic N) is 2. The van der Waals surface area contributed by atoms with Crippen LogP contribution in [0.3, 0.4) is 0 Å². The Morgan fingerprint density at radius 3 is 2.81 bits per heavy atom. The van der Waals surface area contributed by atoms with Crippen LogP contribution in [-0.2, 0) is 4.74 Å². The largest absolute Gasteiger partial charge is 0.450 e. The highest BCUT2D eigenvalue weighted by Gasteiger charge is 2.22. The highest BCUT2D eigenvalue weighted by atomic mass is 16.6. The van der Waals surface area contributed by atoms with E-state index in [-0.39, 0.29) is 6.09 Å². The Hall–Kier alpha value is -1.28. The summed E-state index contributed by atoms with van der Waals surface area (Å²) in [5.41, 5.74) is 0. The number of amides is 1. The van der Waals surface area contributed by atoms with Gasteiger partial charge in [-0.05, 0) is 19.8 Å². The van der Waals surface area contributed by atoms with Crippen molar-refractivity contribution in [2.45, 2.75) is 32.2 Å². The van der Waals surface area contributed by atoms with Crippen LogP contribution in [-0.4, -0.2) is 43.3 Å². The standard InChI is InChI=1S/C11H19N3O2/c1-2-16-11(15)14-8-4-10(5-9-14)13-7-3-6-12/h10,13H,2-5,7-9H2,1H3. The topological polar surface area (TPSA) is 65.4 Å². The Bertz CT molecular complexity index is 254. The predicted molar refractivity (Wildman–Crippen MR) is 59.8 cm³/mol. The molecular formula is C11H19N3O2. The van der Waals surface area contributed by atoms with Gasteiger partial charge in [-0.3, -0.25) is 0 Å². The van der Waals surface area contributed by atoms with E-state index in [4.69, 9.17) is 10.00 Å². The van der Waals surface area contributed by atoms with Crippen molar-refractivity contribution in [2.24, 2.45) is 0 Å². The van der Waals surface area contributed by atoms with E-state index in [0.29, 0.717) is 19.1 Å². The van der Waals surface area contributed by atoms with Gasteiger partial charge < -0.3 is 15.0 Å². The number of piperidine rings is 1. The maximum atomic E-state index is 11.4. The SMILES string of the molecule is CCOC(=O)N1CCC(NCCC#N)CC1. The average Bonchev–Trinajstić information content (AvgIpc) is 2.30. The maximum Gasteiger partial charge on any atom is 0.409 e. The second-order valence-electron chi connectivity index (χ2n) is 3.82. The minimum absolute atomic E-state index is 0.210. The molecule has 0 bridgehead atoms. The van der Waals surface area contributed by atoms with Gasteiger partial charge >= 0.3 is 6.09 Å². The first-order valence-electron chi connectivity index (χ1n) is 5.80. The van der Waals surface area contributed by atoms with Crippen LogP contribution in [0.1, 0.15) is 26.2 Å². The van der Waals surface area contributed by atoms with E-state index in [0.717, 1.165) is 32.5 Å². The van der Waals surface area contributed by atoms with E-state index in [1.54, 1.807) is 4.90 Å². The fourth-order valence-electron chi connectivity index (χ4n) is 1.81. The van der Waals surface area contributed by atoms with Crippen molar-refractivity contribution < 1.29 is 9.53 Å². The van der Waals surface area contributed by atoms with Crippen LogP contribution in [0.15, 0.2) is 0 Å². The van der Waals surface area contributed by atoms with Crippen molar-refractivity contribution in [1.82, 2.24) is 10.2 Å². The third-order valence-corrected chi connectivity index (χ3v) is 2.69. The lowest BCUT2D eigenvalue weighted by Crippen LogP contribution is -2.45. The molecule has 0 spiro atoms. The Labute approximate surface area is 96.4 Å². The zero-order valence-corrected chi connectivity index (χ0v) is 9.74. The average molecular weight is 225 g/mol. The molecule has 1 heterocycles. The molecule has 90 valence electrons. The van der Waals surface area contributed by atoms with Gasteiger partial charge in [0.25, 0.3) is 0 Å². The van der Waals surface area contributed by atoms with Gasteiger partial charge in [-0.25, -0.2) is 4.79 Å². The van der Waals surface area contributed by atoms with Crippen LogP contribution in [0.2, 0.25) is 0 Å². The lowest BCUT2D eigenvalue weighted by Gasteiger charge is -2.31. The molecule has 1 aliphatic rings. The van der Waals surface area contributed by atoms with E-state index in [1.807, 2.05) is 6.92 Å². The molecule has 0 aliphatic carbocycles. The van der Waals surface area contributed by atoms with Gasteiger partial charge in [-0.2, -0.15) is 5.26 Å². The fourth-order valence-corrected chi connectivity index (χ4v) is 1.81. The van der Waals surface area contributed by atoms with Crippen LogP contribution >= 0.6 is 0 Å². The number of carbonyl (C=O) groups is 1. The highest BCUT2D eigenvalue weighted by Crippen LogP contribution is 2.11. The summed E-state index contributed by atoms with van der Waals surface area (Å²) in [5, 5.41) is 11.7. The zero-order valence-electron chi connectivity index (χ0n) is 9.74. The van der Waals surface area contributed by atoms with Crippen molar-refractivity contribution in [3.63, 3.8) is 0 Å². The summed E-state index contributed by atoms with van der Waals surface area (Å²) in [5.74, 6) is 0. The third-order valence-electron chi connectivity index (χ3n) is 2.69. The van der Waals surface area contributed by atoms with Crippen LogP contribution in [0.4, 0.5) is 4.79 Å². The van der Waals surface area contributed by atoms with Gasteiger partial charge in [0, 0.05) is 32.1 Å². The first-order chi connectivity index (χ1) is 7.77. The minimum atomic E-state index is -0.210. The number of nitrogens with one attached hydrogen (secondary N) is 1. The molecular weight excluding hydrogens is 206 g/mol. The molecule has 0 atom stereocenters. The molecule has 1 fully saturated rings. The van der Waals surface area contributed by atoms with Crippen LogP contribution in [0.25, 0.3) is 0 Å². The predicted octanol–water partition coefficient (Wildman–Crippen LogP) is 1.11. The van der Waals surface area contributed by atoms with E-state index in [9.17, 15) is 4.79 Å². The highest BCUT2D eigenvalue weighted by molar-refractivity contribution is 5.67. The Morgan fingerprint density at radius 1 is 1.56 bits per heavy atom. The van der Waals surface area contributed by atoms with Crippen molar-refractivity contribution >= 4 is 6.09 Å². The van der Waals surface area contributed by atoms with E-state index < -0.39 is 0 Å². The molecule has 16 heavy (non-hydrogen) atoms. The summed E-state index contributed by atoms with van der Waals surface area (Å²) in [6.07, 6.45) is 2.20. The monoisotopic (exact) mass is 225 g/mol. The molecule has 1 amide bonds. The Morgan fingerprint density at radius 2 is 2.25 bits per heavy atom. The van der Waals surface area contributed by atoms with Crippen molar-refractivity contribution in [2.75, 3.05) is 26.2 Å². The summed E-state index contributed by atoms with van der Waals surface area (Å²) >= 11 is 0. The zero-order chi connectivity index (χ0) is 11.8. The minimum Gasteiger partial charge on any atom is -0.450 e. The van der Waals surface area contributed by atoms with Crippen LogP contribution in [0.5, 0.6) is 0 Å². The van der Waals surface area contributed by atoms with Gasteiger partial charge in [0.05, 0.1) is 12.7 Å². The maximum absolute atomic E-state index is 11.4. The molecule has 0 aromatic rings. The second kappa shape index (κ2) is 7.07. The van der Waals surface area contributed by atoms with Gasteiger partial charge in [-0.1, -0.05) is 0 Å². The molecule has 1 N–H and O–H groups in total. The summed E-state index contributed by atoms with van der Waals surface area (Å²) < 4.78 is 4.94. The molecule has 5 nitrogen and oxygen atoms in total. The molecule has 0 radical (unpaired) electrons. The number of rotatable bonds is 4. The summed E-state index contributed by atoms with van der Waals surface area (Å²) in [6.45, 7) is 4.46. The Balaban J connectivity index is 2.18. The van der Waals surface area contributed by atoms with Gasteiger partial charge in [0.1, 0.15) is 0 Å². The van der Waals surface area contributed by atoms with Crippen molar-refractivity contribution in [1.29, 1.82) is 5.26 Å². The second-order valence-corrected chi connectivity index (χ2v) is 3.82. The molecule has 5 heteroatoms. The Kier molecular flexibility index (Phi) is 5.65. The quantitative estimate of drug-likeness (QED) is 0.728. The van der Waals surface area contributed by atoms with E-state index in [2.05, 4.69) is 11.4 Å². The van der Waals surface area contributed by atoms with Gasteiger partial charge in [-0.15, -0.1) is 0 Å². The number of hydrogen-bond acceptors (Lipinski definition) is 4. The van der Waals surface area contributed by atoms with E-state index in [1.165, 1.54) is 0 Å². The molecule has 1 aliphatic heterocycles. The van der Waals surface area contributed by atoms with Gasteiger partial charge in [0.2, 0.25) is 0 Å². The summed E-state index contributed by atoms with van der Waals surface area (Å²) in [4.78, 5) is 13.1. The summed E-state index contributed by atoms with van der Waals surface area (Å²) in [6, 6.07) is 2.53. The molecule has 1 saturated heterocycles. The van der Waals surface area contributed by atoms with Crippen molar-refractivity contribution in [3.05, 3.63) is 0 Å². The number of ether oxygens (including phenoxy) is 1. The molecule has 0 aromatic carbocycles. The number of nitriles is 1. The normalized spacial score (nSPS) is 16.9. The first-order valence-corrected chi connectivity index (χ1v) is 5.80. The first kappa shape index (κ1) is 12.8. The lowest BCUT2D eigenvalue weighted by atomic mass is 10.1. The summed E-state index contributed by atoms with van der Waals surface area (Å²) in [7, 11) is 0. The van der Waals surface area contributed by atoms with Crippen LogP contribution < -0.4 is 5.32 Å². The third kappa shape index (κ3) is 4.07. The number of carbonyl (C=O) groups excluding carboxylic acids is 1. The fraction of sp³-hybridized carbons (Fsp3) is 0.818. The number of hydrogen-bond donors (Lipinski definition) is 1. The lowest BCUT2D eigenvalue weighted by molar-refractivity contribution is 0.0952. The molecule has 0 unspecified atom stereocenters. The smallest absolute Gasteiger partial charge is 0.409 e. The molecule has 1 rings (SSSR count). The molecule has 0 saturated carbocycles. The van der Waals surface area contributed by atoms with Gasteiger partial charge in [0.15, 0.2) is 0 Å². The molecule has 0 aromatic heterocycles. The van der Waals surface area contributed by atoms with Crippen LogP contribution in [0, 0.1) is 11.3 Å².